The van der Waals surface area contributed by atoms with Gasteiger partial charge in [-0.05, 0) is 12.3 Å². The van der Waals surface area contributed by atoms with Crippen molar-refractivity contribution >= 4 is 0 Å². The van der Waals surface area contributed by atoms with Crippen LogP contribution in [0.5, 0.6) is 0 Å². The van der Waals surface area contributed by atoms with Crippen LogP contribution in [-0.4, -0.2) is 6.67 Å². The van der Waals surface area contributed by atoms with Crippen molar-refractivity contribution in [2.75, 3.05) is 6.67 Å². The molecule has 1 aliphatic rings. The summed E-state index contributed by atoms with van der Waals surface area (Å²) in [5.41, 5.74) is 0. The van der Waals surface area contributed by atoms with Crippen LogP contribution in [0.15, 0.2) is 0 Å². The van der Waals surface area contributed by atoms with Gasteiger partial charge in [0.05, 0.1) is 6.67 Å². The van der Waals surface area contributed by atoms with E-state index in [1.165, 1.54) is 19.3 Å². The van der Waals surface area contributed by atoms with Gasteiger partial charge >= 0.3 is 0 Å². The molecule has 0 amide bonds. The van der Waals surface area contributed by atoms with E-state index >= 15 is 0 Å². The van der Waals surface area contributed by atoms with Crippen molar-refractivity contribution in [3.8, 4) is 0 Å². The minimum absolute atomic E-state index is 0.106. The second-order valence-electron chi connectivity index (χ2n) is 2.27. The third-order valence-electron chi connectivity index (χ3n) is 1.74. The Morgan fingerprint density at radius 2 is 2.14 bits per heavy atom. The maximum Gasteiger partial charge on any atom is 0.0897 e. The predicted octanol–water partition coefficient (Wildman–Crippen LogP) is 2.15. The zero-order chi connectivity index (χ0) is 5.11. The van der Waals surface area contributed by atoms with Crippen molar-refractivity contribution in [2.24, 2.45) is 5.92 Å². The maximum atomic E-state index is 11.5. The summed E-state index contributed by atoms with van der Waals surface area (Å²) in [6.07, 6.45) is 4.72. The average molecular weight is 102 g/mol. The minimum Gasteiger partial charge on any atom is -0.251 e. The molecule has 0 aliphatic heterocycles. The highest BCUT2D eigenvalue weighted by Crippen LogP contribution is 2.28. The van der Waals surface area contributed by atoms with Crippen LogP contribution in [-0.2, 0) is 0 Å². The molecule has 1 heteroatoms. The molecule has 0 aromatic carbocycles. The van der Waals surface area contributed by atoms with Gasteiger partial charge in [0, 0.05) is 0 Å². The highest BCUT2D eigenvalue weighted by atomic mass is 19.1. The molecular formula is C6H11F. The largest absolute Gasteiger partial charge is 0.251 e. The highest BCUT2D eigenvalue weighted by Gasteiger charge is 2.15. The molecule has 0 unspecified atom stereocenters. The van der Waals surface area contributed by atoms with E-state index in [1.807, 2.05) is 0 Å². The maximum absolute atomic E-state index is 11.5. The lowest BCUT2D eigenvalue weighted by Crippen LogP contribution is -2.10. The van der Waals surface area contributed by atoms with E-state index in [9.17, 15) is 4.39 Å². The van der Waals surface area contributed by atoms with Gasteiger partial charge in [0.25, 0.3) is 0 Å². The summed E-state index contributed by atoms with van der Waals surface area (Å²) in [5, 5.41) is 0. The van der Waals surface area contributed by atoms with E-state index in [-0.39, 0.29) is 6.67 Å². The fraction of sp³-hybridized carbons (Fsp3) is 1.00. The fourth-order valence-corrected chi connectivity index (χ4v) is 0.936. The average Bonchev–Trinajstić information content (AvgIpc) is 1.55. The molecule has 0 N–H and O–H groups in total. The van der Waals surface area contributed by atoms with Gasteiger partial charge < -0.3 is 0 Å². The summed E-state index contributed by atoms with van der Waals surface area (Å²) in [7, 11) is 0. The number of hydrogen-bond donors (Lipinski definition) is 0. The lowest BCUT2D eigenvalue weighted by atomic mass is 9.83. The summed E-state index contributed by atoms with van der Waals surface area (Å²) < 4.78 is 11.5. The van der Waals surface area contributed by atoms with Crippen molar-refractivity contribution in [1.82, 2.24) is 0 Å². The fourth-order valence-electron chi connectivity index (χ4n) is 0.936. The van der Waals surface area contributed by atoms with Crippen LogP contribution in [0.3, 0.4) is 0 Å². The molecule has 0 nitrogen and oxygen atoms in total. The van der Waals surface area contributed by atoms with Crippen molar-refractivity contribution in [3.63, 3.8) is 0 Å². The van der Waals surface area contributed by atoms with Crippen molar-refractivity contribution in [3.05, 3.63) is 0 Å². The smallest absolute Gasteiger partial charge is 0.0897 e. The summed E-state index contributed by atoms with van der Waals surface area (Å²) in [6, 6.07) is 0. The molecule has 7 heavy (non-hydrogen) atoms. The first-order valence-corrected chi connectivity index (χ1v) is 2.99. The normalized spacial score (nSPS) is 21.9. The Bertz CT molecular complexity index is 48.1. The van der Waals surface area contributed by atoms with Crippen LogP contribution in [0.4, 0.5) is 4.39 Å². The lowest BCUT2D eigenvalue weighted by Gasteiger charge is -2.23. The van der Waals surface area contributed by atoms with E-state index in [0.29, 0.717) is 0 Å². The molecule has 0 saturated heterocycles. The Balaban J connectivity index is 1.93. The second-order valence-corrected chi connectivity index (χ2v) is 2.27. The Labute approximate surface area is 43.7 Å². The van der Waals surface area contributed by atoms with Crippen LogP contribution >= 0.6 is 0 Å². The first-order valence-electron chi connectivity index (χ1n) is 2.99. The number of alkyl halides is 1. The van der Waals surface area contributed by atoms with Gasteiger partial charge in [-0.15, -0.1) is 0 Å². The summed E-state index contributed by atoms with van der Waals surface area (Å²) in [4.78, 5) is 0. The van der Waals surface area contributed by atoms with Gasteiger partial charge in [0.2, 0.25) is 0 Å². The van der Waals surface area contributed by atoms with E-state index in [4.69, 9.17) is 0 Å². The zero-order valence-electron chi connectivity index (χ0n) is 4.49. The molecule has 0 spiro atoms. The molecule has 1 rings (SSSR count). The number of halogens is 1. The van der Waals surface area contributed by atoms with Gasteiger partial charge in [-0.3, -0.25) is 4.39 Å². The Kier molecular flexibility index (Phi) is 1.66. The molecular weight excluding hydrogens is 91.1 g/mol. The monoisotopic (exact) mass is 102 g/mol. The molecule has 0 aromatic heterocycles. The van der Waals surface area contributed by atoms with Crippen molar-refractivity contribution in [1.29, 1.82) is 0 Å². The third kappa shape index (κ3) is 1.15. The van der Waals surface area contributed by atoms with Crippen molar-refractivity contribution in [2.45, 2.75) is 25.7 Å². The second kappa shape index (κ2) is 2.29. The van der Waals surface area contributed by atoms with E-state index in [2.05, 4.69) is 0 Å². The van der Waals surface area contributed by atoms with Crippen LogP contribution < -0.4 is 0 Å². The van der Waals surface area contributed by atoms with E-state index in [1.54, 1.807) is 0 Å². The lowest BCUT2D eigenvalue weighted by molar-refractivity contribution is 0.266. The van der Waals surface area contributed by atoms with Crippen LogP contribution in [0.2, 0.25) is 0 Å². The quantitative estimate of drug-likeness (QED) is 0.501. The standard InChI is InChI=1S/C6H11F/c7-5-4-6-2-1-3-6/h6H,1-5H2. The first-order chi connectivity index (χ1) is 3.43. The molecule has 0 bridgehead atoms. The third-order valence-corrected chi connectivity index (χ3v) is 1.74. The predicted molar refractivity (Wildman–Crippen MR) is 27.9 cm³/mol. The van der Waals surface area contributed by atoms with Crippen LogP contribution in [0.25, 0.3) is 0 Å². The van der Waals surface area contributed by atoms with Gasteiger partial charge in [0.1, 0.15) is 0 Å². The Morgan fingerprint density at radius 3 is 2.29 bits per heavy atom. The summed E-state index contributed by atoms with van der Waals surface area (Å²) in [6.45, 7) is -0.106. The molecule has 1 fully saturated rings. The molecule has 0 atom stereocenters. The number of hydrogen-bond acceptors (Lipinski definition) is 0. The van der Waals surface area contributed by atoms with Gasteiger partial charge in [-0.2, -0.15) is 0 Å². The zero-order valence-corrected chi connectivity index (χ0v) is 4.49. The van der Waals surface area contributed by atoms with Gasteiger partial charge in [0.15, 0.2) is 0 Å². The molecule has 0 aromatic rings. The molecule has 0 heterocycles. The van der Waals surface area contributed by atoms with Gasteiger partial charge in [-0.1, -0.05) is 19.3 Å². The van der Waals surface area contributed by atoms with Gasteiger partial charge in [-0.25, -0.2) is 0 Å². The molecule has 1 saturated carbocycles. The van der Waals surface area contributed by atoms with E-state index < -0.39 is 0 Å². The SMILES string of the molecule is FCCC1CCC1. The minimum atomic E-state index is -0.106. The van der Waals surface area contributed by atoms with Crippen LogP contribution in [0, 0.1) is 5.92 Å². The molecule has 1 aliphatic carbocycles. The first kappa shape index (κ1) is 5.07. The molecule has 42 valence electrons. The van der Waals surface area contributed by atoms with Crippen molar-refractivity contribution < 1.29 is 4.39 Å². The highest BCUT2D eigenvalue weighted by molar-refractivity contribution is 4.68. The Morgan fingerprint density at radius 1 is 1.43 bits per heavy atom. The number of rotatable bonds is 2. The van der Waals surface area contributed by atoms with Crippen LogP contribution in [0.1, 0.15) is 25.7 Å². The Hall–Kier alpha value is -0.0700. The topological polar surface area (TPSA) is 0 Å². The molecule has 0 radical (unpaired) electrons. The van der Waals surface area contributed by atoms with E-state index in [0.717, 1.165) is 12.3 Å². The summed E-state index contributed by atoms with van der Waals surface area (Å²) in [5.74, 6) is 0.755. The summed E-state index contributed by atoms with van der Waals surface area (Å²) >= 11 is 0.